The molecule has 0 saturated carbocycles. The predicted molar refractivity (Wildman–Crippen MR) is 83.5 cm³/mol. The maximum Gasteiger partial charge on any atom is 0.319 e. The van der Waals surface area contributed by atoms with E-state index in [1.165, 1.54) is 6.42 Å². The molecular weight excluding hydrogens is 268 g/mol. The number of carboxylic acids is 1. The van der Waals surface area contributed by atoms with E-state index in [0.717, 1.165) is 12.8 Å². The van der Waals surface area contributed by atoms with Gasteiger partial charge < -0.3 is 15.7 Å². The SMILES string of the molecule is CC(C)CCCCNC(=O)Nc1cccc(CC(=O)O)c1. The predicted octanol–water partition coefficient (Wildman–Crippen LogP) is 3.26. The van der Waals surface area contributed by atoms with E-state index in [2.05, 4.69) is 24.5 Å². The number of carbonyl (C=O) groups excluding carboxylic acids is 1. The highest BCUT2D eigenvalue weighted by atomic mass is 16.4. The van der Waals surface area contributed by atoms with E-state index in [1.54, 1.807) is 24.3 Å². The van der Waals surface area contributed by atoms with Gasteiger partial charge in [0.1, 0.15) is 0 Å². The van der Waals surface area contributed by atoms with Crippen LogP contribution in [0, 0.1) is 5.92 Å². The van der Waals surface area contributed by atoms with E-state index in [9.17, 15) is 9.59 Å². The second-order valence-corrected chi connectivity index (χ2v) is 5.54. The molecule has 1 aromatic rings. The van der Waals surface area contributed by atoms with Crippen molar-refractivity contribution in [3.8, 4) is 0 Å². The van der Waals surface area contributed by atoms with E-state index < -0.39 is 5.97 Å². The fraction of sp³-hybridized carbons (Fsp3) is 0.500. The summed E-state index contributed by atoms with van der Waals surface area (Å²) < 4.78 is 0. The molecular formula is C16H24N2O3. The van der Waals surface area contributed by atoms with Crippen molar-refractivity contribution >= 4 is 17.7 Å². The number of rotatable bonds is 8. The summed E-state index contributed by atoms with van der Waals surface area (Å²) >= 11 is 0. The molecule has 116 valence electrons. The largest absolute Gasteiger partial charge is 0.481 e. The van der Waals surface area contributed by atoms with Crippen LogP contribution < -0.4 is 10.6 Å². The smallest absolute Gasteiger partial charge is 0.319 e. The van der Waals surface area contributed by atoms with Gasteiger partial charge in [0, 0.05) is 12.2 Å². The summed E-state index contributed by atoms with van der Waals surface area (Å²) in [4.78, 5) is 22.4. The maximum atomic E-state index is 11.7. The highest BCUT2D eigenvalue weighted by Gasteiger charge is 2.04. The van der Waals surface area contributed by atoms with Gasteiger partial charge in [-0.1, -0.05) is 38.8 Å². The highest BCUT2D eigenvalue weighted by molar-refractivity contribution is 5.89. The average molecular weight is 292 g/mol. The summed E-state index contributed by atoms with van der Waals surface area (Å²) in [7, 11) is 0. The van der Waals surface area contributed by atoms with Crippen molar-refractivity contribution < 1.29 is 14.7 Å². The molecule has 0 aliphatic rings. The zero-order chi connectivity index (χ0) is 15.7. The number of carboxylic acid groups (broad SMARTS) is 1. The van der Waals surface area contributed by atoms with Gasteiger partial charge in [-0.2, -0.15) is 0 Å². The lowest BCUT2D eigenvalue weighted by atomic mass is 10.1. The zero-order valence-electron chi connectivity index (χ0n) is 12.7. The van der Waals surface area contributed by atoms with E-state index in [0.29, 0.717) is 23.7 Å². The van der Waals surface area contributed by atoms with Gasteiger partial charge in [-0.15, -0.1) is 0 Å². The van der Waals surface area contributed by atoms with Crippen molar-refractivity contribution in [2.75, 3.05) is 11.9 Å². The van der Waals surface area contributed by atoms with Crippen molar-refractivity contribution in [2.24, 2.45) is 5.92 Å². The first kappa shape index (κ1) is 17.0. The highest BCUT2D eigenvalue weighted by Crippen LogP contribution is 2.11. The van der Waals surface area contributed by atoms with Crippen LogP contribution in [-0.2, 0) is 11.2 Å². The van der Waals surface area contributed by atoms with Crippen LogP contribution in [0.4, 0.5) is 10.5 Å². The van der Waals surface area contributed by atoms with E-state index in [4.69, 9.17) is 5.11 Å². The van der Waals surface area contributed by atoms with Crippen molar-refractivity contribution in [3.63, 3.8) is 0 Å². The Morgan fingerprint density at radius 2 is 2.00 bits per heavy atom. The number of carbonyl (C=O) groups is 2. The van der Waals surface area contributed by atoms with Crippen molar-refractivity contribution in [3.05, 3.63) is 29.8 Å². The molecule has 0 heterocycles. The van der Waals surface area contributed by atoms with E-state index >= 15 is 0 Å². The first-order valence-corrected chi connectivity index (χ1v) is 7.33. The molecule has 3 N–H and O–H groups in total. The normalized spacial score (nSPS) is 10.4. The standard InChI is InChI=1S/C16H24N2O3/c1-12(2)6-3-4-9-17-16(21)18-14-8-5-7-13(10-14)11-15(19)20/h5,7-8,10,12H,3-4,6,9,11H2,1-2H3,(H,19,20)(H2,17,18,21). The van der Waals surface area contributed by atoms with E-state index in [-0.39, 0.29) is 12.5 Å². The average Bonchev–Trinajstić information content (AvgIpc) is 2.37. The van der Waals surface area contributed by atoms with Gasteiger partial charge in [-0.3, -0.25) is 4.79 Å². The number of unbranched alkanes of at least 4 members (excludes halogenated alkanes) is 1. The molecule has 1 rings (SSSR count). The Kier molecular flexibility index (Phi) is 7.29. The van der Waals surface area contributed by atoms with Gasteiger partial charge in [0.25, 0.3) is 0 Å². The van der Waals surface area contributed by atoms with Gasteiger partial charge in [-0.05, 0) is 30.0 Å². The second kappa shape index (κ2) is 9.00. The third-order valence-corrected chi connectivity index (χ3v) is 3.03. The molecule has 0 bridgehead atoms. The number of benzene rings is 1. The molecule has 0 aromatic heterocycles. The minimum absolute atomic E-state index is 0.0493. The first-order valence-electron chi connectivity index (χ1n) is 7.33. The number of hydrogen-bond acceptors (Lipinski definition) is 2. The van der Waals surface area contributed by atoms with Crippen LogP contribution >= 0.6 is 0 Å². The third-order valence-electron chi connectivity index (χ3n) is 3.03. The summed E-state index contributed by atoms with van der Waals surface area (Å²) in [5.41, 5.74) is 1.27. The Hall–Kier alpha value is -2.04. The summed E-state index contributed by atoms with van der Waals surface area (Å²) in [6.45, 7) is 5.02. The number of urea groups is 1. The molecule has 1 aromatic carbocycles. The maximum absolute atomic E-state index is 11.7. The summed E-state index contributed by atoms with van der Waals surface area (Å²) in [5.74, 6) is -0.197. The molecule has 0 saturated heterocycles. The minimum atomic E-state index is -0.887. The van der Waals surface area contributed by atoms with Crippen LogP contribution in [0.15, 0.2) is 24.3 Å². The Labute approximate surface area is 125 Å². The molecule has 0 fully saturated rings. The molecule has 0 aliphatic carbocycles. The lowest BCUT2D eigenvalue weighted by molar-refractivity contribution is -0.136. The van der Waals surface area contributed by atoms with E-state index in [1.807, 2.05) is 0 Å². The molecule has 0 spiro atoms. The molecule has 0 radical (unpaired) electrons. The van der Waals surface area contributed by atoms with Crippen LogP contribution in [-0.4, -0.2) is 23.7 Å². The van der Waals surface area contributed by atoms with Gasteiger partial charge in [0.2, 0.25) is 0 Å². The first-order chi connectivity index (χ1) is 9.97. The lowest BCUT2D eigenvalue weighted by Crippen LogP contribution is -2.29. The fourth-order valence-electron chi connectivity index (χ4n) is 1.99. The van der Waals surface area contributed by atoms with Crippen LogP contribution in [0.5, 0.6) is 0 Å². The Bertz CT molecular complexity index is 472. The Balaban J connectivity index is 2.32. The van der Waals surface area contributed by atoms with Gasteiger partial charge in [0.05, 0.1) is 6.42 Å². The molecule has 0 atom stereocenters. The summed E-state index contributed by atoms with van der Waals surface area (Å²) in [6, 6.07) is 6.61. The van der Waals surface area contributed by atoms with Crippen LogP contribution in [0.3, 0.4) is 0 Å². The zero-order valence-corrected chi connectivity index (χ0v) is 12.7. The van der Waals surface area contributed by atoms with Gasteiger partial charge in [0.15, 0.2) is 0 Å². The monoisotopic (exact) mass is 292 g/mol. The Morgan fingerprint density at radius 1 is 1.24 bits per heavy atom. The van der Waals surface area contributed by atoms with Crippen LogP contribution in [0.2, 0.25) is 0 Å². The molecule has 2 amide bonds. The lowest BCUT2D eigenvalue weighted by Gasteiger charge is -2.09. The number of amides is 2. The topological polar surface area (TPSA) is 78.4 Å². The second-order valence-electron chi connectivity index (χ2n) is 5.54. The minimum Gasteiger partial charge on any atom is -0.481 e. The Morgan fingerprint density at radius 3 is 2.67 bits per heavy atom. The van der Waals surface area contributed by atoms with Crippen molar-refractivity contribution in [1.29, 1.82) is 0 Å². The number of hydrogen-bond donors (Lipinski definition) is 3. The molecule has 5 nitrogen and oxygen atoms in total. The van der Waals surface area contributed by atoms with Gasteiger partial charge in [-0.25, -0.2) is 4.79 Å². The fourth-order valence-corrected chi connectivity index (χ4v) is 1.99. The van der Waals surface area contributed by atoms with Crippen molar-refractivity contribution in [2.45, 2.75) is 39.5 Å². The molecule has 0 aliphatic heterocycles. The van der Waals surface area contributed by atoms with Gasteiger partial charge >= 0.3 is 12.0 Å². The quantitative estimate of drug-likeness (QED) is 0.643. The van der Waals surface area contributed by atoms with Crippen LogP contribution in [0.25, 0.3) is 0 Å². The number of anilines is 1. The number of aliphatic carboxylic acids is 1. The summed E-state index contributed by atoms with van der Waals surface area (Å²) in [5, 5.41) is 14.3. The van der Waals surface area contributed by atoms with Crippen molar-refractivity contribution in [1.82, 2.24) is 5.32 Å². The molecule has 5 heteroatoms. The number of nitrogens with one attached hydrogen (secondary N) is 2. The van der Waals surface area contributed by atoms with Crippen LogP contribution in [0.1, 0.15) is 38.7 Å². The third kappa shape index (κ3) is 7.97. The molecule has 21 heavy (non-hydrogen) atoms. The molecule has 0 unspecified atom stereocenters. The summed E-state index contributed by atoms with van der Waals surface area (Å²) in [6.07, 6.45) is 3.18.